The molecule has 0 spiro atoms. The number of allylic oxidation sites excluding steroid dienone is 2. The Morgan fingerprint density at radius 2 is 1.94 bits per heavy atom. The first-order chi connectivity index (χ1) is 17.2. The molecule has 1 aromatic rings. The van der Waals surface area contributed by atoms with Crippen LogP contribution < -0.4 is 5.32 Å². The van der Waals surface area contributed by atoms with Crippen molar-refractivity contribution in [2.45, 2.75) is 84.3 Å². The lowest BCUT2D eigenvalue weighted by Gasteiger charge is -2.59. The third kappa shape index (κ3) is 4.09. The van der Waals surface area contributed by atoms with E-state index in [1.807, 2.05) is 18.2 Å². The fourth-order valence-electron chi connectivity index (χ4n) is 8.15. The lowest BCUT2D eigenvalue weighted by Crippen LogP contribution is -2.57. The smallest absolute Gasteiger partial charge is 0.261 e. The topological polar surface area (TPSA) is 101 Å². The van der Waals surface area contributed by atoms with Crippen LogP contribution in [0.15, 0.2) is 41.2 Å². The van der Waals surface area contributed by atoms with Crippen LogP contribution in [0.1, 0.15) is 77.8 Å². The van der Waals surface area contributed by atoms with Gasteiger partial charge < -0.3 is 15.3 Å². The molecule has 0 radical (unpaired) electrons. The molecule has 3 fully saturated rings. The second kappa shape index (κ2) is 9.40. The lowest BCUT2D eigenvalue weighted by atomic mass is 9.46. The summed E-state index contributed by atoms with van der Waals surface area (Å²) in [7, 11) is 0. The number of hydrogen-bond donors (Lipinski definition) is 2. The number of hydrogen-bond acceptors (Lipinski definition) is 6. The van der Waals surface area contributed by atoms with Gasteiger partial charge in [0.25, 0.3) is 5.91 Å². The zero-order chi connectivity index (χ0) is 25.6. The number of nitrogens with zero attached hydrogens (tertiary/aromatic N) is 2. The Kier molecular flexibility index (Phi) is 6.56. The molecule has 0 aromatic carbocycles. The van der Waals surface area contributed by atoms with Crippen LogP contribution >= 0.6 is 0 Å². The number of amides is 1. The number of nitrogens with one attached hydrogen (secondary N) is 1. The fourth-order valence-corrected chi connectivity index (χ4v) is 8.15. The van der Waals surface area contributed by atoms with E-state index >= 15 is 0 Å². The zero-order valence-corrected chi connectivity index (χ0v) is 21.8. The van der Waals surface area contributed by atoms with E-state index in [0.717, 1.165) is 56.4 Å². The number of aromatic nitrogens is 1. The molecule has 7 heteroatoms. The third-order valence-electron chi connectivity index (χ3n) is 10.3. The maximum Gasteiger partial charge on any atom is 0.261 e. The van der Waals surface area contributed by atoms with Crippen LogP contribution in [-0.4, -0.2) is 39.7 Å². The molecule has 0 unspecified atom stereocenters. The molecule has 5 rings (SSSR count). The van der Waals surface area contributed by atoms with Crippen molar-refractivity contribution in [1.29, 1.82) is 0 Å². The van der Waals surface area contributed by atoms with Crippen molar-refractivity contribution >= 4 is 17.4 Å². The van der Waals surface area contributed by atoms with Crippen LogP contribution in [0.3, 0.4) is 0 Å². The maximum atomic E-state index is 12.4. The number of Topliss-reactive ketones (excluding diaryl/α,β-unsaturated/α-hetero) is 1. The van der Waals surface area contributed by atoms with Gasteiger partial charge in [0.15, 0.2) is 12.4 Å². The van der Waals surface area contributed by atoms with Crippen molar-refractivity contribution in [3.63, 3.8) is 0 Å². The number of carbonyl (C=O) groups excluding carboxylic acids is 2. The minimum absolute atomic E-state index is 0.0579. The first-order valence-corrected chi connectivity index (χ1v) is 13.5. The molecular formula is C29H39N3O4. The van der Waals surface area contributed by atoms with Crippen LogP contribution in [0, 0.1) is 28.6 Å². The Morgan fingerprint density at radius 1 is 1.14 bits per heavy atom. The van der Waals surface area contributed by atoms with Gasteiger partial charge in [0.05, 0.1) is 18.0 Å². The van der Waals surface area contributed by atoms with Gasteiger partial charge in [-0.2, -0.15) is 0 Å². The quantitative estimate of drug-likeness (QED) is 0.574. The number of ketones is 1. The van der Waals surface area contributed by atoms with Gasteiger partial charge in [-0.15, -0.1) is 0 Å². The van der Waals surface area contributed by atoms with Gasteiger partial charge in [0.2, 0.25) is 0 Å². The minimum Gasteiger partial charge on any atom is -0.385 e. The second-order valence-electron chi connectivity index (χ2n) is 11.9. The number of pyridine rings is 1. The predicted octanol–water partition coefficient (Wildman–Crippen LogP) is 4.35. The Bertz CT molecular complexity index is 1090. The lowest BCUT2D eigenvalue weighted by molar-refractivity contribution is -0.159. The Hall–Kier alpha value is -2.54. The molecule has 0 aliphatic heterocycles. The SMILES string of the molecule is CC(=O)[C@@]1(O)CC[C@H]2[C@@H]3CCC4=CC(=NOCC(=O)NCc5ccccn5)CC[C@]4(C)[C@H]3CC[C@@]21C. The Labute approximate surface area is 213 Å². The summed E-state index contributed by atoms with van der Waals surface area (Å²) in [5.74, 6) is 1.26. The number of oxime groups is 1. The zero-order valence-electron chi connectivity index (χ0n) is 21.8. The number of fused-ring (bicyclic) bond motifs is 5. The van der Waals surface area contributed by atoms with Crippen molar-refractivity contribution in [3.05, 3.63) is 41.7 Å². The molecule has 1 amide bonds. The highest BCUT2D eigenvalue weighted by Crippen LogP contribution is 2.67. The van der Waals surface area contributed by atoms with Crippen molar-refractivity contribution in [3.8, 4) is 0 Å². The monoisotopic (exact) mass is 493 g/mol. The molecule has 1 heterocycles. The molecular weight excluding hydrogens is 454 g/mol. The molecule has 0 bridgehead atoms. The molecule has 1 aromatic heterocycles. The summed E-state index contributed by atoms with van der Waals surface area (Å²) < 4.78 is 0. The van der Waals surface area contributed by atoms with E-state index in [9.17, 15) is 14.7 Å². The summed E-state index contributed by atoms with van der Waals surface area (Å²) in [5.41, 5.74) is 1.82. The molecule has 0 saturated heterocycles. The standard InChI is InChI=1S/C29H39N3O4/c1-19(33)29(35)14-11-25-23-8-7-20-16-21(9-12-27(20,2)24(23)10-13-28(25,29)3)32-36-18-26(34)31-17-22-6-4-5-15-30-22/h4-6,15-16,23-25,35H,7-14,17-18H2,1-3H3,(H,31,34)/t23-,24+,25+,27+,28+,29+/m1/s1. The van der Waals surface area contributed by atoms with Gasteiger partial charge in [0.1, 0.15) is 5.60 Å². The predicted molar refractivity (Wildman–Crippen MR) is 137 cm³/mol. The molecule has 4 aliphatic carbocycles. The molecule has 7 nitrogen and oxygen atoms in total. The average molecular weight is 494 g/mol. The highest BCUT2D eigenvalue weighted by atomic mass is 16.6. The first-order valence-electron chi connectivity index (χ1n) is 13.5. The van der Waals surface area contributed by atoms with Crippen LogP contribution in [0.4, 0.5) is 0 Å². The van der Waals surface area contributed by atoms with Gasteiger partial charge in [-0.3, -0.25) is 14.6 Å². The minimum atomic E-state index is -1.16. The van der Waals surface area contributed by atoms with E-state index in [4.69, 9.17) is 4.84 Å². The molecule has 36 heavy (non-hydrogen) atoms. The van der Waals surface area contributed by atoms with E-state index in [2.05, 4.69) is 35.4 Å². The highest BCUT2D eigenvalue weighted by molar-refractivity contribution is 5.96. The largest absolute Gasteiger partial charge is 0.385 e. The van der Waals surface area contributed by atoms with Gasteiger partial charge in [0, 0.05) is 11.6 Å². The summed E-state index contributed by atoms with van der Waals surface area (Å²) in [5, 5.41) is 18.4. The highest BCUT2D eigenvalue weighted by Gasteiger charge is 2.65. The summed E-state index contributed by atoms with van der Waals surface area (Å²) in [6, 6.07) is 5.60. The molecule has 3 saturated carbocycles. The van der Waals surface area contributed by atoms with Crippen LogP contribution in [0.2, 0.25) is 0 Å². The van der Waals surface area contributed by atoms with Crippen LogP contribution in [-0.2, 0) is 21.0 Å². The summed E-state index contributed by atoms with van der Waals surface area (Å²) in [4.78, 5) is 34.1. The van der Waals surface area contributed by atoms with Crippen molar-refractivity contribution < 1.29 is 19.5 Å². The first kappa shape index (κ1) is 25.1. The van der Waals surface area contributed by atoms with E-state index in [0.29, 0.717) is 30.7 Å². The Balaban J connectivity index is 1.22. The summed E-state index contributed by atoms with van der Waals surface area (Å²) >= 11 is 0. The van der Waals surface area contributed by atoms with E-state index in [1.54, 1.807) is 13.1 Å². The number of rotatable bonds is 6. The normalized spacial score (nSPS) is 38.4. The number of carbonyl (C=O) groups is 2. The van der Waals surface area contributed by atoms with Crippen molar-refractivity contribution in [2.75, 3.05) is 6.61 Å². The van der Waals surface area contributed by atoms with Gasteiger partial charge >= 0.3 is 0 Å². The fraction of sp³-hybridized carbons (Fsp3) is 0.655. The number of aliphatic hydroxyl groups is 1. The van der Waals surface area contributed by atoms with Crippen molar-refractivity contribution in [2.24, 2.45) is 33.7 Å². The molecule has 6 atom stereocenters. The van der Waals surface area contributed by atoms with E-state index in [1.165, 1.54) is 5.57 Å². The molecule has 4 aliphatic rings. The second-order valence-corrected chi connectivity index (χ2v) is 11.9. The molecule has 2 N–H and O–H groups in total. The summed E-state index contributed by atoms with van der Waals surface area (Å²) in [6.45, 7) is 6.41. The third-order valence-corrected chi connectivity index (χ3v) is 10.3. The maximum absolute atomic E-state index is 12.4. The summed E-state index contributed by atoms with van der Waals surface area (Å²) in [6.07, 6.45) is 11.4. The van der Waals surface area contributed by atoms with E-state index < -0.39 is 5.60 Å². The van der Waals surface area contributed by atoms with Gasteiger partial charge in [-0.25, -0.2) is 0 Å². The van der Waals surface area contributed by atoms with Crippen molar-refractivity contribution in [1.82, 2.24) is 10.3 Å². The van der Waals surface area contributed by atoms with Gasteiger partial charge in [-0.05, 0) is 99.7 Å². The van der Waals surface area contributed by atoms with Crippen LogP contribution in [0.25, 0.3) is 0 Å². The average Bonchev–Trinajstić information content (AvgIpc) is 3.15. The Morgan fingerprint density at radius 3 is 2.69 bits per heavy atom. The molecule has 194 valence electrons. The van der Waals surface area contributed by atoms with Gasteiger partial charge in [-0.1, -0.05) is 30.6 Å². The van der Waals surface area contributed by atoms with Crippen LogP contribution in [0.5, 0.6) is 0 Å². The van der Waals surface area contributed by atoms with E-state index in [-0.39, 0.29) is 29.1 Å².